The van der Waals surface area contributed by atoms with Gasteiger partial charge in [-0.2, -0.15) is 0 Å². The fourth-order valence-corrected chi connectivity index (χ4v) is 2.17. The molecule has 0 aromatic heterocycles. The molecule has 2 aromatic rings. The van der Waals surface area contributed by atoms with Crippen LogP contribution in [0.15, 0.2) is 40.9 Å². The number of hydrogen-bond donors (Lipinski definition) is 0. The highest BCUT2D eigenvalue weighted by Crippen LogP contribution is 2.24. The van der Waals surface area contributed by atoms with Crippen LogP contribution in [-0.2, 0) is 6.42 Å². The summed E-state index contributed by atoms with van der Waals surface area (Å²) in [5, 5.41) is 2.68. The Morgan fingerprint density at radius 2 is 1.92 bits per heavy atom. The lowest BCUT2D eigenvalue weighted by atomic mass is 10.0. The van der Waals surface area contributed by atoms with Crippen molar-refractivity contribution in [3.05, 3.63) is 46.4 Å². The third-order valence-electron chi connectivity index (χ3n) is 2.29. The second kappa shape index (κ2) is 3.51. The minimum Gasteiger partial charge on any atom is -0.0616 e. The van der Waals surface area contributed by atoms with Crippen molar-refractivity contribution >= 4 is 26.7 Å². The second-order valence-corrected chi connectivity index (χ2v) is 4.06. The number of fused-ring (bicyclic) bond motifs is 1. The zero-order valence-corrected chi connectivity index (χ0v) is 9.14. The molecular formula is C12H11Br. The zero-order chi connectivity index (χ0) is 9.26. The van der Waals surface area contributed by atoms with E-state index in [1.54, 1.807) is 0 Å². The third kappa shape index (κ3) is 1.61. The Balaban J connectivity index is 2.81. The number of hydrogen-bond acceptors (Lipinski definition) is 0. The van der Waals surface area contributed by atoms with Crippen LogP contribution in [0.4, 0.5) is 0 Å². The number of aryl methyl sites for hydroxylation is 1. The maximum Gasteiger partial charge on any atom is 0.0184 e. The average Bonchev–Trinajstić information content (AvgIpc) is 2.16. The molecule has 0 nitrogen and oxygen atoms in total. The Morgan fingerprint density at radius 3 is 2.69 bits per heavy atom. The topological polar surface area (TPSA) is 0 Å². The maximum atomic E-state index is 3.52. The lowest BCUT2D eigenvalue weighted by molar-refractivity contribution is 1.16. The summed E-state index contributed by atoms with van der Waals surface area (Å²) in [5.74, 6) is 0. The molecule has 0 aliphatic rings. The van der Waals surface area contributed by atoms with Gasteiger partial charge in [0.25, 0.3) is 0 Å². The van der Waals surface area contributed by atoms with Crippen LogP contribution in [0.2, 0.25) is 0 Å². The van der Waals surface area contributed by atoms with Crippen molar-refractivity contribution in [2.75, 3.05) is 0 Å². The van der Waals surface area contributed by atoms with Gasteiger partial charge in [0.2, 0.25) is 0 Å². The highest BCUT2D eigenvalue weighted by atomic mass is 79.9. The Labute approximate surface area is 86.7 Å². The third-order valence-corrected chi connectivity index (χ3v) is 2.75. The summed E-state index contributed by atoms with van der Waals surface area (Å²) >= 11 is 3.52. The molecule has 0 fully saturated rings. The molecule has 0 radical (unpaired) electrons. The second-order valence-electron chi connectivity index (χ2n) is 3.14. The lowest BCUT2D eigenvalue weighted by Gasteiger charge is -2.04. The standard InChI is InChI=1S/C12H11Br/c1-2-9-7-11(13)8-10-5-3-4-6-12(9)10/h3-8H,2H2,1H3. The largest absolute Gasteiger partial charge is 0.0616 e. The smallest absolute Gasteiger partial charge is 0.0184 e. The Hall–Kier alpha value is -0.820. The molecular weight excluding hydrogens is 224 g/mol. The number of halogens is 1. The van der Waals surface area contributed by atoms with Gasteiger partial charge in [-0.25, -0.2) is 0 Å². The van der Waals surface area contributed by atoms with Crippen LogP contribution in [0.3, 0.4) is 0 Å². The maximum absolute atomic E-state index is 3.52. The lowest BCUT2D eigenvalue weighted by Crippen LogP contribution is -1.83. The summed E-state index contributed by atoms with van der Waals surface area (Å²) < 4.78 is 1.17. The highest BCUT2D eigenvalue weighted by molar-refractivity contribution is 9.10. The number of benzene rings is 2. The summed E-state index contributed by atoms with van der Waals surface area (Å²) in [7, 11) is 0. The van der Waals surface area contributed by atoms with Gasteiger partial charge in [0.05, 0.1) is 0 Å². The summed E-state index contributed by atoms with van der Waals surface area (Å²) in [4.78, 5) is 0. The van der Waals surface area contributed by atoms with Gasteiger partial charge in [-0.3, -0.25) is 0 Å². The molecule has 0 aliphatic heterocycles. The molecule has 0 saturated carbocycles. The Kier molecular flexibility index (Phi) is 2.36. The minimum atomic E-state index is 1.08. The Bertz CT molecular complexity index is 432. The zero-order valence-electron chi connectivity index (χ0n) is 7.55. The average molecular weight is 235 g/mol. The van der Waals surface area contributed by atoms with E-state index in [2.05, 4.69) is 59.3 Å². The van der Waals surface area contributed by atoms with E-state index < -0.39 is 0 Å². The van der Waals surface area contributed by atoms with E-state index in [1.807, 2.05) is 0 Å². The van der Waals surface area contributed by atoms with E-state index in [9.17, 15) is 0 Å². The van der Waals surface area contributed by atoms with Crippen LogP contribution in [-0.4, -0.2) is 0 Å². The molecule has 66 valence electrons. The van der Waals surface area contributed by atoms with Crippen LogP contribution in [0, 0.1) is 0 Å². The van der Waals surface area contributed by atoms with E-state index >= 15 is 0 Å². The van der Waals surface area contributed by atoms with Crippen molar-refractivity contribution in [2.45, 2.75) is 13.3 Å². The van der Waals surface area contributed by atoms with E-state index in [0.717, 1.165) is 6.42 Å². The van der Waals surface area contributed by atoms with Gasteiger partial charge in [0, 0.05) is 4.47 Å². The molecule has 0 unspecified atom stereocenters. The molecule has 0 atom stereocenters. The van der Waals surface area contributed by atoms with Crippen LogP contribution in [0.5, 0.6) is 0 Å². The van der Waals surface area contributed by atoms with Gasteiger partial charge in [-0.1, -0.05) is 47.1 Å². The van der Waals surface area contributed by atoms with E-state index in [4.69, 9.17) is 0 Å². The molecule has 0 N–H and O–H groups in total. The predicted octanol–water partition coefficient (Wildman–Crippen LogP) is 4.16. The first kappa shape index (κ1) is 8.76. The summed E-state index contributed by atoms with van der Waals surface area (Å²) in [5.41, 5.74) is 1.41. The summed E-state index contributed by atoms with van der Waals surface area (Å²) in [6.07, 6.45) is 1.08. The molecule has 1 heteroatoms. The summed E-state index contributed by atoms with van der Waals surface area (Å²) in [6.45, 7) is 2.19. The van der Waals surface area contributed by atoms with Gasteiger partial charge in [0.15, 0.2) is 0 Å². The fraction of sp³-hybridized carbons (Fsp3) is 0.167. The van der Waals surface area contributed by atoms with Gasteiger partial charge in [-0.05, 0) is 34.9 Å². The predicted molar refractivity (Wildman–Crippen MR) is 61.0 cm³/mol. The van der Waals surface area contributed by atoms with E-state index in [1.165, 1.54) is 20.8 Å². The first-order valence-corrected chi connectivity index (χ1v) is 5.27. The quantitative estimate of drug-likeness (QED) is 0.696. The molecule has 2 aromatic carbocycles. The monoisotopic (exact) mass is 234 g/mol. The minimum absolute atomic E-state index is 1.08. The van der Waals surface area contributed by atoms with Crippen molar-refractivity contribution in [2.24, 2.45) is 0 Å². The van der Waals surface area contributed by atoms with Crippen LogP contribution in [0.25, 0.3) is 10.8 Å². The highest BCUT2D eigenvalue weighted by Gasteiger charge is 1.99. The van der Waals surface area contributed by atoms with E-state index in [0.29, 0.717) is 0 Å². The van der Waals surface area contributed by atoms with Crippen molar-refractivity contribution in [3.63, 3.8) is 0 Å². The molecule has 0 heterocycles. The molecule has 2 rings (SSSR count). The van der Waals surface area contributed by atoms with Gasteiger partial charge in [0.1, 0.15) is 0 Å². The molecule has 0 spiro atoms. The van der Waals surface area contributed by atoms with Crippen LogP contribution in [0.1, 0.15) is 12.5 Å². The molecule has 0 amide bonds. The molecule has 0 saturated heterocycles. The van der Waals surface area contributed by atoms with Gasteiger partial charge < -0.3 is 0 Å². The SMILES string of the molecule is CCc1cc(Br)cc2ccccc12. The van der Waals surface area contributed by atoms with Gasteiger partial charge in [-0.15, -0.1) is 0 Å². The fourth-order valence-electron chi connectivity index (χ4n) is 1.64. The number of rotatable bonds is 1. The van der Waals surface area contributed by atoms with Gasteiger partial charge >= 0.3 is 0 Å². The Morgan fingerprint density at radius 1 is 1.15 bits per heavy atom. The molecule has 13 heavy (non-hydrogen) atoms. The van der Waals surface area contributed by atoms with Crippen molar-refractivity contribution in [1.82, 2.24) is 0 Å². The normalized spacial score (nSPS) is 10.6. The van der Waals surface area contributed by atoms with Crippen molar-refractivity contribution in [3.8, 4) is 0 Å². The first-order chi connectivity index (χ1) is 6.31. The van der Waals surface area contributed by atoms with Crippen molar-refractivity contribution < 1.29 is 0 Å². The van der Waals surface area contributed by atoms with Crippen LogP contribution >= 0.6 is 15.9 Å². The molecule has 0 bridgehead atoms. The summed E-state index contributed by atoms with van der Waals surface area (Å²) in [6, 6.07) is 12.9. The molecule has 0 aliphatic carbocycles. The van der Waals surface area contributed by atoms with E-state index in [-0.39, 0.29) is 0 Å². The van der Waals surface area contributed by atoms with Crippen LogP contribution < -0.4 is 0 Å². The first-order valence-electron chi connectivity index (χ1n) is 4.48. The van der Waals surface area contributed by atoms with Crippen molar-refractivity contribution in [1.29, 1.82) is 0 Å².